The zero-order valence-corrected chi connectivity index (χ0v) is 34.6. The number of aliphatic hydroxyl groups is 1. The number of dihydropyridines is 1. The molecule has 1 aromatic heterocycles. The number of aryl methyl sites for hydroxylation is 2. The predicted molar refractivity (Wildman–Crippen MR) is 234 cm³/mol. The van der Waals surface area contributed by atoms with Gasteiger partial charge in [-0.3, -0.25) is 4.79 Å². The van der Waals surface area contributed by atoms with Crippen molar-refractivity contribution in [3.8, 4) is 34.5 Å². The molecular weight excluding hydrogens is 759 g/mol. The molecule has 0 saturated heterocycles. The van der Waals surface area contributed by atoms with E-state index in [0.29, 0.717) is 50.1 Å². The number of rotatable bonds is 18. The first-order valence-electron chi connectivity index (χ1n) is 21.0. The number of phenolic OH excluding ortho intramolecular Hbond substituents is 4. The number of anilines is 1. The predicted octanol–water partition coefficient (Wildman–Crippen LogP) is 8.66. The van der Waals surface area contributed by atoms with Gasteiger partial charge in [0.25, 0.3) is 0 Å². The van der Waals surface area contributed by atoms with E-state index in [9.17, 15) is 25.5 Å². The first-order chi connectivity index (χ1) is 28.9. The van der Waals surface area contributed by atoms with Gasteiger partial charge in [0.1, 0.15) is 17.4 Å². The Morgan fingerprint density at radius 2 is 1.72 bits per heavy atom. The highest BCUT2D eigenvalue weighted by atomic mass is 16.5. The number of allylic oxidation sites excluding steroid dienone is 2. The lowest BCUT2D eigenvalue weighted by atomic mass is 9.58. The Kier molecular flexibility index (Phi) is 12.9. The molecule has 316 valence electrons. The van der Waals surface area contributed by atoms with Crippen molar-refractivity contribution in [2.45, 2.75) is 71.3 Å². The number of carbonyl (C=O) groups is 1. The second-order valence-corrected chi connectivity index (χ2v) is 16.7. The maximum atomic E-state index is 15.2. The minimum absolute atomic E-state index is 0.0115. The molecule has 4 atom stereocenters. The summed E-state index contributed by atoms with van der Waals surface area (Å²) in [5.74, 6) is 0.211. The lowest BCUT2D eigenvalue weighted by Gasteiger charge is -2.46. The molecule has 0 bridgehead atoms. The fourth-order valence-corrected chi connectivity index (χ4v) is 9.31. The van der Waals surface area contributed by atoms with Crippen molar-refractivity contribution < 1.29 is 39.8 Å². The maximum Gasteiger partial charge on any atom is 0.200 e. The number of carbonyl (C=O) groups excluding carboxylic acids is 1. The number of hydrogen-bond acceptors (Lipinski definition) is 10. The highest BCUT2D eigenvalue weighted by Gasteiger charge is 2.55. The van der Waals surface area contributed by atoms with Crippen molar-refractivity contribution in [3.05, 3.63) is 125 Å². The third-order valence-corrected chi connectivity index (χ3v) is 12.2. The van der Waals surface area contributed by atoms with Crippen molar-refractivity contribution >= 4 is 22.2 Å². The van der Waals surface area contributed by atoms with E-state index in [1.807, 2.05) is 56.4 Å². The molecule has 1 fully saturated rings. The topological polar surface area (TPSA) is 177 Å². The summed E-state index contributed by atoms with van der Waals surface area (Å²) < 4.78 is 11.2. The minimum atomic E-state index is -1.03. The van der Waals surface area contributed by atoms with Crippen LogP contribution in [0, 0.1) is 23.2 Å². The average molecular weight is 816 g/mol. The molecule has 1 aliphatic carbocycles. The summed E-state index contributed by atoms with van der Waals surface area (Å²) in [7, 11) is 1.50. The molecular formula is C49H57N3O8. The summed E-state index contributed by atoms with van der Waals surface area (Å²) in [6.07, 6.45) is 9.38. The van der Waals surface area contributed by atoms with Crippen LogP contribution in [0.4, 0.5) is 5.69 Å². The summed E-state index contributed by atoms with van der Waals surface area (Å²) in [5, 5.41) is 63.0. The van der Waals surface area contributed by atoms with Gasteiger partial charge in [-0.25, -0.2) is 0 Å². The van der Waals surface area contributed by atoms with Crippen LogP contribution in [0.25, 0.3) is 10.8 Å². The van der Waals surface area contributed by atoms with Gasteiger partial charge in [-0.05, 0) is 145 Å². The van der Waals surface area contributed by atoms with Crippen LogP contribution in [0.1, 0.15) is 62.8 Å². The van der Waals surface area contributed by atoms with Crippen LogP contribution in [0.15, 0.2) is 109 Å². The van der Waals surface area contributed by atoms with Gasteiger partial charge in [0.2, 0.25) is 5.75 Å². The minimum Gasteiger partial charge on any atom is -0.508 e. The molecule has 0 spiro atoms. The van der Waals surface area contributed by atoms with Crippen molar-refractivity contribution in [1.82, 2.24) is 10.3 Å². The van der Waals surface area contributed by atoms with Gasteiger partial charge in [-0.15, -0.1) is 0 Å². The fraction of sp³-hybridized carbons (Fsp3) is 0.367. The zero-order valence-electron chi connectivity index (χ0n) is 34.6. The highest BCUT2D eigenvalue weighted by molar-refractivity contribution is 5.87. The van der Waals surface area contributed by atoms with Crippen LogP contribution in [0.5, 0.6) is 34.5 Å². The Balaban J connectivity index is 1.26. The van der Waals surface area contributed by atoms with Gasteiger partial charge in [0.15, 0.2) is 23.0 Å². The molecule has 7 rings (SSSR count). The third kappa shape index (κ3) is 9.37. The molecule has 5 aromatic rings. The van der Waals surface area contributed by atoms with E-state index in [-0.39, 0.29) is 59.2 Å². The number of hydrogen-bond donors (Lipinski definition) is 8. The van der Waals surface area contributed by atoms with Gasteiger partial charge < -0.3 is 50.6 Å². The van der Waals surface area contributed by atoms with Gasteiger partial charge in [-0.2, -0.15) is 0 Å². The molecule has 8 N–H and O–H groups in total. The Morgan fingerprint density at radius 3 is 2.50 bits per heavy atom. The zero-order chi connectivity index (χ0) is 42.4. The number of benzene rings is 4. The first-order valence-corrected chi connectivity index (χ1v) is 21.0. The average Bonchev–Trinajstić information content (AvgIpc) is 3.91. The number of methoxy groups -OCH3 is 1. The number of nitrogens with one attached hydrogen (secondary N) is 3. The smallest absolute Gasteiger partial charge is 0.200 e. The van der Waals surface area contributed by atoms with E-state index < -0.39 is 17.4 Å². The van der Waals surface area contributed by atoms with Crippen LogP contribution in [-0.4, -0.2) is 62.7 Å². The molecule has 11 heteroatoms. The number of ether oxygens (including phenoxy) is 2. The van der Waals surface area contributed by atoms with E-state index in [4.69, 9.17) is 9.47 Å². The number of aromatic nitrogens is 1. The highest BCUT2D eigenvalue weighted by Crippen LogP contribution is 2.57. The van der Waals surface area contributed by atoms with E-state index in [1.54, 1.807) is 30.3 Å². The number of H-pyrrole nitrogens is 1. The fourth-order valence-electron chi connectivity index (χ4n) is 9.31. The Morgan fingerprint density at radius 1 is 0.917 bits per heavy atom. The molecule has 11 nitrogen and oxygen atoms in total. The number of phenols is 4. The van der Waals surface area contributed by atoms with Crippen molar-refractivity contribution in [3.63, 3.8) is 0 Å². The number of aromatic hydroxyl groups is 4. The largest absolute Gasteiger partial charge is 0.508 e. The van der Waals surface area contributed by atoms with Crippen LogP contribution < -0.4 is 20.1 Å². The van der Waals surface area contributed by atoms with E-state index >= 15 is 4.79 Å². The molecule has 1 aliphatic heterocycles. The summed E-state index contributed by atoms with van der Waals surface area (Å²) in [6, 6.07) is 23.6. The summed E-state index contributed by atoms with van der Waals surface area (Å²) in [4.78, 5) is 18.6. The van der Waals surface area contributed by atoms with Crippen LogP contribution in [-0.2, 0) is 24.1 Å². The third-order valence-electron chi connectivity index (χ3n) is 12.2. The number of ketones is 1. The summed E-state index contributed by atoms with van der Waals surface area (Å²) >= 11 is 0. The second-order valence-electron chi connectivity index (χ2n) is 16.7. The molecule has 0 radical (unpaired) electrons. The van der Waals surface area contributed by atoms with E-state index in [2.05, 4.69) is 33.8 Å². The molecule has 4 aromatic carbocycles. The lowest BCUT2D eigenvalue weighted by Crippen LogP contribution is -2.48. The number of aromatic amines is 1. The summed E-state index contributed by atoms with van der Waals surface area (Å²) in [5.41, 5.74) is 3.69. The first kappa shape index (κ1) is 42.1. The summed E-state index contributed by atoms with van der Waals surface area (Å²) in [6.45, 7) is 4.85. The Hall–Kier alpha value is -6.07. The molecule has 0 unspecified atom stereocenters. The molecule has 60 heavy (non-hydrogen) atoms. The van der Waals surface area contributed by atoms with Crippen molar-refractivity contribution in [1.29, 1.82) is 0 Å². The lowest BCUT2D eigenvalue weighted by molar-refractivity contribution is -0.133. The van der Waals surface area contributed by atoms with Gasteiger partial charge >= 0.3 is 0 Å². The standard InChI is InChI=1S/C49H57N3O8/c1-30(2)29-60-45-24-32(22-43(57)48(45)58)10-17-42(56)47(41(55)16-9-31-8-15-40(54)44(23-31)59-3)49(19-4-6-35(49)27-37-7-5-20-50-37)36-18-21-51-46(28-36)52-38-13-11-34-26-39(53)14-12-33(34)25-38/h5,7-8,11-15,18,20,22-26,28,30,35,41,47,50-55,57-58H,4,6,9-10,16-17,19,21,27,29H2,1-3H3/t35-,41-,47-,49+/m1/s1. The number of aliphatic hydroxyl groups excluding tert-OH is 1. The van der Waals surface area contributed by atoms with Gasteiger partial charge in [-0.1, -0.05) is 44.5 Å². The van der Waals surface area contributed by atoms with Crippen molar-refractivity contribution in [2.75, 3.05) is 25.6 Å². The Labute approximate surface area is 351 Å². The van der Waals surface area contributed by atoms with Gasteiger partial charge in [0, 0.05) is 36.0 Å². The maximum absolute atomic E-state index is 15.2. The van der Waals surface area contributed by atoms with E-state index in [0.717, 1.165) is 52.0 Å². The second kappa shape index (κ2) is 18.5. The van der Waals surface area contributed by atoms with Crippen molar-refractivity contribution in [2.24, 2.45) is 23.2 Å². The normalized spacial score (nSPS) is 18.7. The number of fused-ring (bicyclic) bond motifs is 1. The molecule has 2 heterocycles. The van der Waals surface area contributed by atoms with Crippen LogP contribution in [0.3, 0.4) is 0 Å². The Bertz CT molecular complexity index is 2350. The van der Waals surface area contributed by atoms with Crippen LogP contribution >= 0.6 is 0 Å². The number of Topliss-reactive ketones (excluding diaryl/α,β-unsaturated/α-hetero) is 1. The van der Waals surface area contributed by atoms with Crippen LogP contribution in [0.2, 0.25) is 0 Å². The monoisotopic (exact) mass is 815 g/mol. The SMILES string of the molecule is COc1cc(CC[C@@H](O)[C@H](C(=O)CCc2cc(O)c(O)c(OCC(C)C)c2)[C@@]2(C3=CCNC(Nc4ccc5cc(O)ccc5c4)=C3)CCC[C@@H]2Cc2ccc[nH]2)ccc1O. The van der Waals surface area contributed by atoms with Gasteiger partial charge in [0.05, 0.1) is 25.7 Å². The van der Waals surface area contributed by atoms with E-state index in [1.165, 1.54) is 13.2 Å². The molecule has 0 amide bonds. The quantitative estimate of drug-likeness (QED) is 0.0400. The molecule has 2 aliphatic rings. The molecule has 1 saturated carbocycles.